The lowest BCUT2D eigenvalue weighted by molar-refractivity contribution is 0.579. The summed E-state index contributed by atoms with van der Waals surface area (Å²) in [5.41, 5.74) is 4.16. The third-order valence-corrected chi connectivity index (χ3v) is 5.00. The number of hydrogen-bond acceptors (Lipinski definition) is 4. The highest BCUT2D eigenvalue weighted by molar-refractivity contribution is 7.88. The summed E-state index contributed by atoms with van der Waals surface area (Å²) in [6.45, 7) is 2.08. The second kappa shape index (κ2) is 7.55. The van der Waals surface area contributed by atoms with Crippen molar-refractivity contribution in [3.63, 3.8) is 0 Å². The predicted molar refractivity (Wildman–Crippen MR) is 98.1 cm³/mol. The molecule has 0 aliphatic carbocycles. The van der Waals surface area contributed by atoms with Crippen LogP contribution in [0.15, 0.2) is 67.0 Å². The molecule has 0 radical (unpaired) electrons. The van der Waals surface area contributed by atoms with Gasteiger partial charge in [0.25, 0.3) is 0 Å². The third-order valence-electron chi connectivity index (χ3n) is 3.71. The molecule has 0 aliphatic heterocycles. The number of nitrogens with zero attached hydrogens (tertiary/aromatic N) is 2. The van der Waals surface area contributed by atoms with E-state index in [1.165, 1.54) is 6.33 Å². The SMILES string of the molecule is Cc1cccc(CS(=O)(=O)NCc2cc(-c3ccccc3)ncn2)c1. The minimum Gasteiger partial charge on any atom is -0.240 e. The van der Waals surface area contributed by atoms with Gasteiger partial charge in [0.1, 0.15) is 6.33 Å². The van der Waals surface area contributed by atoms with Crippen molar-refractivity contribution < 1.29 is 8.42 Å². The largest absolute Gasteiger partial charge is 0.240 e. The highest BCUT2D eigenvalue weighted by Gasteiger charge is 2.12. The summed E-state index contributed by atoms with van der Waals surface area (Å²) in [6, 6.07) is 19.0. The quantitative estimate of drug-likeness (QED) is 0.739. The maximum atomic E-state index is 12.3. The number of sulfonamides is 1. The molecule has 0 atom stereocenters. The Labute approximate surface area is 147 Å². The van der Waals surface area contributed by atoms with E-state index in [4.69, 9.17) is 0 Å². The Balaban J connectivity index is 1.69. The lowest BCUT2D eigenvalue weighted by atomic mass is 10.1. The maximum Gasteiger partial charge on any atom is 0.216 e. The van der Waals surface area contributed by atoms with E-state index in [1.807, 2.05) is 61.5 Å². The molecule has 1 aromatic heterocycles. The van der Waals surface area contributed by atoms with E-state index in [0.29, 0.717) is 5.69 Å². The van der Waals surface area contributed by atoms with E-state index in [0.717, 1.165) is 22.4 Å². The summed E-state index contributed by atoms with van der Waals surface area (Å²) < 4.78 is 27.2. The first kappa shape index (κ1) is 17.3. The summed E-state index contributed by atoms with van der Waals surface area (Å²) in [5, 5.41) is 0. The van der Waals surface area contributed by atoms with Crippen LogP contribution in [0.1, 0.15) is 16.8 Å². The van der Waals surface area contributed by atoms with Crippen molar-refractivity contribution in [2.75, 3.05) is 0 Å². The molecule has 3 aromatic rings. The zero-order valence-electron chi connectivity index (χ0n) is 13.9. The van der Waals surface area contributed by atoms with Crippen LogP contribution < -0.4 is 4.72 Å². The van der Waals surface area contributed by atoms with Gasteiger partial charge >= 0.3 is 0 Å². The number of benzene rings is 2. The van der Waals surface area contributed by atoms with E-state index in [9.17, 15) is 8.42 Å². The molecule has 2 aromatic carbocycles. The zero-order valence-corrected chi connectivity index (χ0v) is 14.7. The Morgan fingerprint density at radius 1 is 0.960 bits per heavy atom. The lowest BCUT2D eigenvalue weighted by Crippen LogP contribution is -2.25. The fourth-order valence-corrected chi connectivity index (χ4v) is 3.61. The van der Waals surface area contributed by atoms with E-state index in [1.54, 1.807) is 6.07 Å². The number of hydrogen-bond donors (Lipinski definition) is 1. The first-order valence-corrected chi connectivity index (χ1v) is 9.56. The lowest BCUT2D eigenvalue weighted by Gasteiger charge is -2.08. The van der Waals surface area contributed by atoms with Crippen molar-refractivity contribution in [3.8, 4) is 11.3 Å². The Kier molecular flexibility index (Phi) is 5.21. The van der Waals surface area contributed by atoms with Gasteiger partial charge in [0.15, 0.2) is 0 Å². The van der Waals surface area contributed by atoms with Gasteiger partial charge in [-0.15, -0.1) is 0 Å². The first-order valence-electron chi connectivity index (χ1n) is 7.91. The van der Waals surface area contributed by atoms with Crippen molar-refractivity contribution >= 4 is 10.0 Å². The van der Waals surface area contributed by atoms with Crippen molar-refractivity contribution in [3.05, 3.63) is 83.8 Å². The van der Waals surface area contributed by atoms with Gasteiger partial charge in [-0.1, -0.05) is 60.2 Å². The van der Waals surface area contributed by atoms with Crippen molar-refractivity contribution in [1.82, 2.24) is 14.7 Å². The standard InChI is InChI=1S/C19H19N3O2S/c1-15-6-5-7-16(10-15)13-25(23,24)22-12-18-11-19(21-14-20-18)17-8-3-2-4-9-17/h2-11,14,22H,12-13H2,1H3. The fourth-order valence-electron chi connectivity index (χ4n) is 2.52. The van der Waals surface area contributed by atoms with Gasteiger partial charge in [-0.25, -0.2) is 23.1 Å². The molecule has 0 saturated heterocycles. The molecule has 0 fully saturated rings. The minimum atomic E-state index is -3.44. The average Bonchev–Trinajstić information content (AvgIpc) is 2.61. The van der Waals surface area contributed by atoms with Crippen LogP contribution in [0.4, 0.5) is 0 Å². The summed E-state index contributed by atoms with van der Waals surface area (Å²) in [6.07, 6.45) is 1.45. The fraction of sp³-hybridized carbons (Fsp3) is 0.158. The maximum absolute atomic E-state index is 12.3. The molecular formula is C19H19N3O2S. The summed E-state index contributed by atoms with van der Waals surface area (Å²) in [4.78, 5) is 8.39. The molecule has 0 unspecified atom stereocenters. The number of rotatable bonds is 6. The van der Waals surface area contributed by atoms with Crippen LogP contribution in [-0.4, -0.2) is 18.4 Å². The van der Waals surface area contributed by atoms with Crippen LogP contribution in [-0.2, 0) is 22.3 Å². The highest BCUT2D eigenvalue weighted by atomic mass is 32.2. The summed E-state index contributed by atoms with van der Waals surface area (Å²) in [5.74, 6) is -0.0503. The van der Waals surface area contributed by atoms with Crippen LogP contribution in [0.5, 0.6) is 0 Å². The monoisotopic (exact) mass is 353 g/mol. The topological polar surface area (TPSA) is 72.0 Å². The van der Waals surface area contributed by atoms with E-state index >= 15 is 0 Å². The Bertz CT molecular complexity index is 957. The van der Waals surface area contributed by atoms with Gasteiger partial charge in [0.2, 0.25) is 10.0 Å². The molecule has 6 heteroatoms. The molecule has 0 amide bonds. The molecule has 128 valence electrons. The molecule has 0 aliphatic rings. The molecule has 1 N–H and O–H groups in total. The van der Waals surface area contributed by atoms with Crippen LogP contribution in [0.2, 0.25) is 0 Å². The molecule has 3 rings (SSSR count). The van der Waals surface area contributed by atoms with E-state index in [2.05, 4.69) is 14.7 Å². The predicted octanol–water partition coefficient (Wildman–Crippen LogP) is 3.07. The molecule has 0 saturated carbocycles. The van der Waals surface area contributed by atoms with Crippen LogP contribution in [0.3, 0.4) is 0 Å². The van der Waals surface area contributed by atoms with Gasteiger partial charge in [-0.05, 0) is 18.6 Å². The number of nitrogens with one attached hydrogen (secondary N) is 1. The summed E-state index contributed by atoms with van der Waals surface area (Å²) >= 11 is 0. The van der Waals surface area contributed by atoms with Gasteiger partial charge in [0.05, 0.1) is 23.7 Å². The Morgan fingerprint density at radius 3 is 2.52 bits per heavy atom. The number of aryl methyl sites for hydroxylation is 1. The summed E-state index contributed by atoms with van der Waals surface area (Å²) in [7, 11) is -3.44. The van der Waals surface area contributed by atoms with E-state index < -0.39 is 10.0 Å². The van der Waals surface area contributed by atoms with Crippen LogP contribution in [0, 0.1) is 6.92 Å². The third kappa shape index (κ3) is 4.95. The highest BCUT2D eigenvalue weighted by Crippen LogP contribution is 2.16. The van der Waals surface area contributed by atoms with Crippen molar-refractivity contribution in [2.24, 2.45) is 0 Å². The number of aromatic nitrogens is 2. The van der Waals surface area contributed by atoms with Gasteiger partial charge in [0, 0.05) is 5.56 Å². The molecule has 25 heavy (non-hydrogen) atoms. The van der Waals surface area contributed by atoms with Crippen molar-refractivity contribution in [2.45, 2.75) is 19.2 Å². The molecule has 0 bridgehead atoms. The smallest absolute Gasteiger partial charge is 0.216 e. The normalized spacial score (nSPS) is 11.4. The Morgan fingerprint density at radius 2 is 1.76 bits per heavy atom. The zero-order chi connectivity index (χ0) is 17.7. The van der Waals surface area contributed by atoms with Gasteiger partial charge < -0.3 is 0 Å². The van der Waals surface area contributed by atoms with Gasteiger partial charge in [-0.2, -0.15) is 0 Å². The van der Waals surface area contributed by atoms with Crippen LogP contribution in [0.25, 0.3) is 11.3 Å². The van der Waals surface area contributed by atoms with Crippen LogP contribution >= 0.6 is 0 Å². The second-order valence-corrected chi connectivity index (χ2v) is 7.64. The average molecular weight is 353 g/mol. The molecular weight excluding hydrogens is 334 g/mol. The van der Waals surface area contributed by atoms with Crippen molar-refractivity contribution in [1.29, 1.82) is 0 Å². The second-order valence-electron chi connectivity index (χ2n) is 5.83. The minimum absolute atomic E-state index is 0.0503. The molecule has 1 heterocycles. The van der Waals surface area contributed by atoms with Gasteiger partial charge in [-0.3, -0.25) is 0 Å². The molecule has 0 spiro atoms. The first-order chi connectivity index (χ1) is 12.0. The molecule has 5 nitrogen and oxygen atoms in total. The van der Waals surface area contributed by atoms with E-state index in [-0.39, 0.29) is 12.3 Å². The Hall–Kier alpha value is -2.57.